The highest BCUT2D eigenvalue weighted by Gasteiger charge is 2.22. The number of rotatable bonds is 3. The number of aromatic nitrogens is 4. The number of halogens is 1. The Morgan fingerprint density at radius 1 is 1.29 bits per heavy atom. The third-order valence-corrected chi connectivity index (χ3v) is 3.94. The van der Waals surface area contributed by atoms with Crippen LogP contribution in [0.5, 0.6) is 0 Å². The number of imidazole rings is 1. The number of amides is 1. The molecule has 0 saturated carbocycles. The molecule has 0 radical (unpaired) electrons. The number of fused-ring (bicyclic) bond motifs is 1. The standard InChI is InChI=1S/C14H19ClN6O3/c1-19(2)14(22)24-8-9-16-10-11(20(9)3)17-13(15)18-12(10)21-4-6-23-7-5-21/h4-8H2,1-3H3. The van der Waals surface area contributed by atoms with Crippen molar-refractivity contribution in [3.05, 3.63) is 11.1 Å². The molecule has 3 rings (SSSR count). The van der Waals surface area contributed by atoms with Crippen LogP contribution in [0, 0.1) is 0 Å². The Bertz CT molecular complexity index is 757. The van der Waals surface area contributed by atoms with E-state index in [4.69, 9.17) is 21.1 Å². The summed E-state index contributed by atoms with van der Waals surface area (Å²) in [6, 6.07) is 0. The quantitative estimate of drug-likeness (QED) is 0.761. The van der Waals surface area contributed by atoms with E-state index in [-0.39, 0.29) is 11.9 Å². The van der Waals surface area contributed by atoms with Gasteiger partial charge in [-0.3, -0.25) is 0 Å². The Morgan fingerprint density at radius 3 is 2.67 bits per heavy atom. The fourth-order valence-corrected chi connectivity index (χ4v) is 2.61. The van der Waals surface area contributed by atoms with Crippen molar-refractivity contribution in [2.45, 2.75) is 6.61 Å². The number of carbonyl (C=O) groups is 1. The second-order valence-corrected chi connectivity index (χ2v) is 5.96. The smallest absolute Gasteiger partial charge is 0.409 e. The van der Waals surface area contributed by atoms with Gasteiger partial charge < -0.3 is 23.8 Å². The zero-order valence-corrected chi connectivity index (χ0v) is 14.6. The Morgan fingerprint density at radius 2 is 2.00 bits per heavy atom. The first kappa shape index (κ1) is 16.7. The van der Waals surface area contributed by atoms with Gasteiger partial charge in [0.1, 0.15) is 5.82 Å². The number of carbonyl (C=O) groups excluding carboxylic acids is 1. The number of ether oxygens (including phenoxy) is 2. The number of morpholine rings is 1. The maximum absolute atomic E-state index is 11.6. The number of nitrogens with zero attached hydrogens (tertiary/aromatic N) is 6. The Labute approximate surface area is 144 Å². The van der Waals surface area contributed by atoms with Crippen LogP contribution in [0.2, 0.25) is 5.28 Å². The van der Waals surface area contributed by atoms with Crippen LogP contribution in [0.1, 0.15) is 5.82 Å². The van der Waals surface area contributed by atoms with E-state index in [0.29, 0.717) is 49.1 Å². The summed E-state index contributed by atoms with van der Waals surface area (Å²) >= 11 is 6.08. The molecule has 1 fully saturated rings. The summed E-state index contributed by atoms with van der Waals surface area (Å²) in [5.74, 6) is 1.25. The molecule has 1 amide bonds. The van der Waals surface area contributed by atoms with Gasteiger partial charge in [-0.1, -0.05) is 0 Å². The summed E-state index contributed by atoms with van der Waals surface area (Å²) in [5.41, 5.74) is 1.24. The van der Waals surface area contributed by atoms with Crippen molar-refractivity contribution in [2.24, 2.45) is 7.05 Å². The van der Waals surface area contributed by atoms with E-state index < -0.39 is 6.09 Å². The van der Waals surface area contributed by atoms with E-state index in [9.17, 15) is 4.79 Å². The Hall–Kier alpha value is -2.13. The summed E-state index contributed by atoms with van der Waals surface area (Å²) in [5, 5.41) is 0.156. The maximum atomic E-state index is 11.6. The molecule has 24 heavy (non-hydrogen) atoms. The average Bonchev–Trinajstić information content (AvgIpc) is 2.89. The van der Waals surface area contributed by atoms with Gasteiger partial charge in [0.05, 0.1) is 13.2 Å². The van der Waals surface area contributed by atoms with Gasteiger partial charge in [-0.2, -0.15) is 9.97 Å². The second-order valence-electron chi connectivity index (χ2n) is 5.62. The average molecular weight is 355 g/mol. The lowest BCUT2D eigenvalue weighted by Gasteiger charge is -2.27. The molecule has 2 aromatic rings. The van der Waals surface area contributed by atoms with E-state index in [1.165, 1.54) is 4.90 Å². The monoisotopic (exact) mass is 354 g/mol. The van der Waals surface area contributed by atoms with Gasteiger partial charge >= 0.3 is 6.09 Å². The summed E-state index contributed by atoms with van der Waals surface area (Å²) < 4.78 is 12.3. The van der Waals surface area contributed by atoms with Crippen LogP contribution in [-0.2, 0) is 23.1 Å². The van der Waals surface area contributed by atoms with E-state index >= 15 is 0 Å². The van der Waals surface area contributed by atoms with Crippen molar-refractivity contribution >= 4 is 34.7 Å². The molecule has 0 atom stereocenters. The summed E-state index contributed by atoms with van der Waals surface area (Å²) in [6.07, 6.45) is -0.431. The number of aryl methyl sites for hydroxylation is 1. The maximum Gasteiger partial charge on any atom is 0.409 e. The lowest BCUT2D eigenvalue weighted by atomic mass is 10.4. The largest absolute Gasteiger partial charge is 0.441 e. The molecule has 0 N–H and O–H groups in total. The topological polar surface area (TPSA) is 85.6 Å². The van der Waals surface area contributed by atoms with Gasteiger partial charge in [0.25, 0.3) is 0 Å². The van der Waals surface area contributed by atoms with Crippen molar-refractivity contribution in [3.8, 4) is 0 Å². The van der Waals surface area contributed by atoms with Crippen LogP contribution in [0.4, 0.5) is 10.6 Å². The lowest BCUT2D eigenvalue weighted by molar-refractivity contribution is 0.109. The number of hydrogen-bond donors (Lipinski definition) is 0. The van der Waals surface area contributed by atoms with Gasteiger partial charge in [-0.25, -0.2) is 9.78 Å². The normalized spacial score (nSPS) is 14.9. The zero-order chi connectivity index (χ0) is 17.3. The minimum Gasteiger partial charge on any atom is -0.441 e. The van der Waals surface area contributed by atoms with E-state index in [1.807, 2.05) is 0 Å². The Kier molecular flexibility index (Phi) is 4.72. The SMILES string of the molecule is CN(C)C(=O)OCc1nc2c(N3CCOCC3)nc(Cl)nc2n1C. The molecule has 2 aromatic heterocycles. The molecule has 0 bridgehead atoms. The van der Waals surface area contributed by atoms with Gasteiger partial charge in [0, 0.05) is 34.2 Å². The molecular formula is C14H19ClN6O3. The van der Waals surface area contributed by atoms with Crippen LogP contribution in [0.15, 0.2) is 0 Å². The number of anilines is 1. The fourth-order valence-electron chi connectivity index (χ4n) is 2.45. The molecule has 9 nitrogen and oxygen atoms in total. The predicted octanol–water partition coefficient (Wildman–Crippen LogP) is 1.05. The summed E-state index contributed by atoms with van der Waals surface area (Å²) in [4.78, 5) is 28.2. The van der Waals surface area contributed by atoms with Crippen molar-refractivity contribution < 1.29 is 14.3 Å². The molecule has 1 aliphatic heterocycles. The highest BCUT2D eigenvalue weighted by molar-refractivity contribution is 6.28. The van der Waals surface area contributed by atoms with Gasteiger partial charge in [-0.15, -0.1) is 0 Å². The molecule has 130 valence electrons. The van der Waals surface area contributed by atoms with Crippen LogP contribution in [0.25, 0.3) is 11.2 Å². The predicted molar refractivity (Wildman–Crippen MR) is 88.2 cm³/mol. The molecule has 0 aromatic carbocycles. The highest BCUT2D eigenvalue weighted by atomic mass is 35.5. The summed E-state index contributed by atoms with van der Waals surface area (Å²) in [6.45, 7) is 2.73. The highest BCUT2D eigenvalue weighted by Crippen LogP contribution is 2.26. The zero-order valence-electron chi connectivity index (χ0n) is 13.8. The van der Waals surface area contributed by atoms with Crippen molar-refractivity contribution in [3.63, 3.8) is 0 Å². The first-order valence-corrected chi connectivity index (χ1v) is 7.90. The molecular weight excluding hydrogens is 336 g/mol. The molecule has 0 aliphatic carbocycles. The third kappa shape index (κ3) is 3.22. The first-order valence-electron chi connectivity index (χ1n) is 7.53. The Balaban J connectivity index is 1.95. The van der Waals surface area contributed by atoms with Crippen LogP contribution < -0.4 is 4.90 Å². The minimum absolute atomic E-state index is 0.0457. The van der Waals surface area contributed by atoms with Crippen LogP contribution in [-0.4, -0.2) is 70.9 Å². The molecule has 3 heterocycles. The molecule has 0 spiro atoms. The van der Waals surface area contributed by atoms with Gasteiger partial charge in [0.2, 0.25) is 5.28 Å². The third-order valence-electron chi connectivity index (χ3n) is 3.77. The van der Waals surface area contributed by atoms with E-state index in [2.05, 4.69) is 19.9 Å². The van der Waals surface area contributed by atoms with Crippen molar-refractivity contribution in [1.82, 2.24) is 24.4 Å². The van der Waals surface area contributed by atoms with Crippen LogP contribution in [0.3, 0.4) is 0 Å². The minimum atomic E-state index is -0.431. The second kappa shape index (κ2) is 6.78. The first-order chi connectivity index (χ1) is 11.5. The summed E-state index contributed by atoms with van der Waals surface area (Å²) in [7, 11) is 5.05. The molecule has 10 heteroatoms. The van der Waals surface area contributed by atoms with Gasteiger partial charge in [0.15, 0.2) is 23.6 Å². The lowest BCUT2D eigenvalue weighted by Crippen LogP contribution is -2.37. The molecule has 1 aliphatic rings. The van der Waals surface area contributed by atoms with E-state index in [0.717, 1.165) is 0 Å². The van der Waals surface area contributed by atoms with Crippen molar-refractivity contribution in [2.75, 3.05) is 45.3 Å². The van der Waals surface area contributed by atoms with Crippen LogP contribution >= 0.6 is 11.6 Å². The number of hydrogen-bond acceptors (Lipinski definition) is 7. The van der Waals surface area contributed by atoms with Crippen molar-refractivity contribution in [1.29, 1.82) is 0 Å². The van der Waals surface area contributed by atoms with Gasteiger partial charge in [-0.05, 0) is 11.6 Å². The van der Waals surface area contributed by atoms with E-state index in [1.54, 1.807) is 25.7 Å². The molecule has 1 saturated heterocycles. The fraction of sp³-hybridized carbons (Fsp3) is 0.571. The molecule has 0 unspecified atom stereocenters.